The molecule has 0 saturated carbocycles. The highest BCUT2D eigenvalue weighted by Crippen LogP contribution is 2.64. The molecule has 4 heterocycles. The first-order chi connectivity index (χ1) is 21.7. The minimum absolute atomic E-state index is 0.00369. The Bertz CT molecular complexity index is 1800. The zero-order valence-electron chi connectivity index (χ0n) is 28.1. The third-order valence-electron chi connectivity index (χ3n) is 11.4. The van der Waals surface area contributed by atoms with Crippen LogP contribution in [0, 0.1) is 20.8 Å². The normalized spacial score (nSPS) is 31.0. The molecule has 0 aromatic heterocycles. The highest BCUT2D eigenvalue weighted by molar-refractivity contribution is 5.73. The molecule has 3 aromatic rings. The predicted octanol–water partition coefficient (Wildman–Crippen LogP) is 7.93. The molecule has 0 spiro atoms. The van der Waals surface area contributed by atoms with E-state index in [2.05, 4.69) is 13.8 Å². The van der Waals surface area contributed by atoms with Crippen LogP contribution in [0.25, 0.3) is 0 Å². The Balaban J connectivity index is 1.58. The smallest absolute Gasteiger partial charge is 0.187 e. The highest BCUT2D eigenvalue weighted by Gasteiger charge is 2.49. The topological polar surface area (TPSA) is 127 Å². The number of benzene rings is 3. The standard InChI is InChI=1S/C37H44O9/c1-12-18(7)43-33(26-22(39)11-21(38)15(4)23(12)26)29-31(40)16(5)24-13(2)19(8)44-34-27(24)35(29)46-36-28-25(17(6)32(41)30(34)36)14(3)20(9)45-37(28)42-10/h11-14,18-20,33-34,37-41H,1-10H3/t12-,13-,14-,18-,19-,20-,33+,34-,37+/m1/s1. The lowest BCUT2D eigenvalue weighted by atomic mass is 9.74. The Kier molecular flexibility index (Phi) is 7.11. The first-order valence-electron chi connectivity index (χ1n) is 16.2. The van der Waals surface area contributed by atoms with Crippen molar-refractivity contribution in [1.29, 1.82) is 0 Å². The number of phenolic OH excluding ortho intramolecular Hbond substituents is 4. The molecule has 7 rings (SSSR count). The average molecular weight is 633 g/mol. The van der Waals surface area contributed by atoms with Crippen LogP contribution >= 0.6 is 0 Å². The van der Waals surface area contributed by atoms with Crippen molar-refractivity contribution in [2.24, 2.45) is 0 Å². The zero-order chi connectivity index (χ0) is 33.3. The molecule has 9 heteroatoms. The van der Waals surface area contributed by atoms with E-state index in [1.54, 1.807) is 7.11 Å². The summed E-state index contributed by atoms with van der Waals surface area (Å²) in [6.07, 6.45) is -3.16. The maximum Gasteiger partial charge on any atom is 0.187 e. The Labute approximate surface area is 269 Å². The lowest BCUT2D eigenvalue weighted by Crippen LogP contribution is -2.35. The number of phenols is 4. The number of fused-ring (bicyclic) bond motifs is 5. The van der Waals surface area contributed by atoms with Gasteiger partial charge < -0.3 is 44.1 Å². The van der Waals surface area contributed by atoms with Crippen LogP contribution < -0.4 is 4.74 Å². The molecule has 9 nitrogen and oxygen atoms in total. The predicted molar refractivity (Wildman–Crippen MR) is 171 cm³/mol. The number of rotatable bonds is 2. The van der Waals surface area contributed by atoms with Crippen LogP contribution in [0.1, 0.15) is 139 Å². The molecule has 0 unspecified atom stereocenters. The van der Waals surface area contributed by atoms with Crippen LogP contribution in [0.15, 0.2) is 6.07 Å². The lowest BCUT2D eigenvalue weighted by molar-refractivity contribution is -0.170. The van der Waals surface area contributed by atoms with Gasteiger partial charge in [0, 0.05) is 42.1 Å². The lowest BCUT2D eigenvalue weighted by Gasteiger charge is -2.45. The second-order valence-electron chi connectivity index (χ2n) is 13.8. The zero-order valence-corrected chi connectivity index (χ0v) is 28.1. The van der Waals surface area contributed by atoms with E-state index < -0.39 is 18.5 Å². The fourth-order valence-electron chi connectivity index (χ4n) is 8.43. The summed E-state index contributed by atoms with van der Waals surface area (Å²) in [5, 5.41) is 46.1. The number of methoxy groups -OCH3 is 1. The van der Waals surface area contributed by atoms with Crippen molar-refractivity contribution in [1.82, 2.24) is 0 Å². The van der Waals surface area contributed by atoms with Gasteiger partial charge >= 0.3 is 0 Å². The molecule has 0 saturated heterocycles. The third-order valence-corrected chi connectivity index (χ3v) is 11.4. The Morgan fingerprint density at radius 2 is 0.957 bits per heavy atom. The molecule has 4 N–H and O–H groups in total. The van der Waals surface area contributed by atoms with Gasteiger partial charge in [0.1, 0.15) is 46.7 Å². The summed E-state index contributed by atoms with van der Waals surface area (Å²) in [6.45, 7) is 17.6. The fraction of sp³-hybridized carbons (Fsp3) is 0.514. The summed E-state index contributed by atoms with van der Waals surface area (Å²) in [5.41, 5.74) is 7.34. The molecule has 0 radical (unpaired) electrons. The second-order valence-corrected chi connectivity index (χ2v) is 13.8. The minimum Gasteiger partial charge on any atom is -0.508 e. The number of hydrogen-bond donors (Lipinski definition) is 4. The molecule has 0 aliphatic carbocycles. The maximum absolute atomic E-state index is 12.2. The van der Waals surface area contributed by atoms with Gasteiger partial charge in [0.05, 0.1) is 35.0 Å². The van der Waals surface area contributed by atoms with E-state index in [0.29, 0.717) is 44.9 Å². The third kappa shape index (κ3) is 3.95. The van der Waals surface area contributed by atoms with Crippen molar-refractivity contribution in [3.05, 3.63) is 67.3 Å². The van der Waals surface area contributed by atoms with E-state index in [4.69, 9.17) is 23.7 Å². The van der Waals surface area contributed by atoms with Gasteiger partial charge in [-0.05, 0) is 74.9 Å². The van der Waals surface area contributed by atoms with Crippen molar-refractivity contribution in [2.75, 3.05) is 7.11 Å². The van der Waals surface area contributed by atoms with Gasteiger partial charge in [-0.15, -0.1) is 0 Å². The number of ether oxygens (including phenoxy) is 5. The van der Waals surface area contributed by atoms with Crippen LogP contribution in [0.4, 0.5) is 0 Å². The average Bonchev–Trinajstić information content (AvgIpc) is 3.01. The fourth-order valence-corrected chi connectivity index (χ4v) is 8.43. The summed E-state index contributed by atoms with van der Waals surface area (Å²) < 4.78 is 32.6. The highest BCUT2D eigenvalue weighted by atomic mass is 16.7. The van der Waals surface area contributed by atoms with Gasteiger partial charge in [-0.2, -0.15) is 0 Å². The van der Waals surface area contributed by atoms with Crippen molar-refractivity contribution in [3.8, 4) is 34.5 Å². The van der Waals surface area contributed by atoms with Crippen molar-refractivity contribution in [3.63, 3.8) is 0 Å². The summed E-state index contributed by atoms with van der Waals surface area (Å²) in [6, 6.07) is 1.33. The molecule has 4 aliphatic heterocycles. The van der Waals surface area contributed by atoms with E-state index in [-0.39, 0.29) is 59.1 Å². The first-order valence-corrected chi connectivity index (χ1v) is 16.2. The van der Waals surface area contributed by atoms with E-state index >= 15 is 0 Å². The molecule has 3 aromatic carbocycles. The summed E-state index contributed by atoms with van der Waals surface area (Å²) in [7, 11) is 1.58. The molecule has 0 fully saturated rings. The number of aromatic hydroxyl groups is 4. The van der Waals surface area contributed by atoms with Crippen LogP contribution in [0.3, 0.4) is 0 Å². The van der Waals surface area contributed by atoms with E-state index in [0.717, 1.165) is 27.8 Å². The van der Waals surface area contributed by atoms with Gasteiger partial charge in [-0.25, -0.2) is 0 Å². The van der Waals surface area contributed by atoms with E-state index in [1.807, 2.05) is 48.5 Å². The SMILES string of the molecule is CO[C@H]1O[C@H](C)[C@@H](C)c2c(C)c(O)c3c(c21)Oc1c([C@H]2O[C@H](C)[C@@H](C)c4c(C)c(O)cc(O)c42)c(O)c(C)c2c1[C@H]3O[C@H](C)[C@H]2C. The van der Waals surface area contributed by atoms with Crippen LogP contribution in [-0.4, -0.2) is 45.8 Å². The quantitative estimate of drug-likeness (QED) is 0.223. The summed E-state index contributed by atoms with van der Waals surface area (Å²) in [4.78, 5) is 0. The molecular formula is C37H44O9. The van der Waals surface area contributed by atoms with Gasteiger partial charge in [0.2, 0.25) is 0 Å². The summed E-state index contributed by atoms with van der Waals surface area (Å²) >= 11 is 0. The molecule has 9 atom stereocenters. The largest absolute Gasteiger partial charge is 0.508 e. The molecule has 0 amide bonds. The Hall–Kier alpha value is -3.50. The van der Waals surface area contributed by atoms with Crippen LogP contribution in [0.2, 0.25) is 0 Å². The maximum atomic E-state index is 12.2. The molecule has 46 heavy (non-hydrogen) atoms. The minimum atomic E-state index is -0.931. The monoisotopic (exact) mass is 632 g/mol. The number of hydrogen-bond acceptors (Lipinski definition) is 9. The van der Waals surface area contributed by atoms with Crippen LogP contribution in [-0.2, 0) is 18.9 Å². The molecular weight excluding hydrogens is 588 g/mol. The second kappa shape index (κ2) is 10.5. The van der Waals surface area contributed by atoms with Crippen molar-refractivity contribution in [2.45, 2.75) is 117 Å². The molecule has 0 bridgehead atoms. The first kappa shape index (κ1) is 31.1. The van der Waals surface area contributed by atoms with Gasteiger partial charge in [0.25, 0.3) is 0 Å². The summed E-state index contributed by atoms with van der Waals surface area (Å²) in [5.74, 6) is 0.404. The Morgan fingerprint density at radius 3 is 1.48 bits per heavy atom. The van der Waals surface area contributed by atoms with Gasteiger partial charge in [0.15, 0.2) is 6.29 Å². The Morgan fingerprint density at radius 1 is 0.522 bits per heavy atom. The van der Waals surface area contributed by atoms with E-state index in [9.17, 15) is 20.4 Å². The van der Waals surface area contributed by atoms with Crippen LogP contribution in [0.5, 0.6) is 34.5 Å². The van der Waals surface area contributed by atoms with Gasteiger partial charge in [-0.3, -0.25) is 0 Å². The molecule has 4 aliphatic rings. The molecule has 246 valence electrons. The van der Waals surface area contributed by atoms with E-state index in [1.165, 1.54) is 6.07 Å². The van der Waals surface area contributed by atoms with Gasteiger partial charge in [-0.1, -0.05) is 20.8 Å². The van der Waals surface area contributed by atoms with Crippen molar-refractivity contribution < 1.29 is 44.1 Å². The van der Waals surface area contributed by atoms with Crippen molar-refractivity contribution >= 4 is 0 Å².